The summed E-state index contributed by atoms with van der Waals surface area (Å²) in [6.45, 7) is -0.0792. The molecule has 7 nitrogen and oxygen atoms in total. The average Bonchev–Trinajstić information content (AvgIpc) is 1.93. The third kappa shape index (κ3) is 9.63. The maximum absolute atomic E-state index is 11.1. The van der Waals surface area contributed by atoms with E-state index in [1.807, 2.05) is 4.72 Å². The number of nitrogens with one attached hydrogen (secondary N) is 1. The molecule has 0 aliphatic rings. The van der Waals surface area contributed by atoms with Crippen LogP contribution < -0.4 is 4.72 Å². The Labute approximate surface area is 88.5 Å². The Kier molecular flexibility index (Phi) is 5.18. The summed E-state index contributed by atoms with van der Waals surface area (Å²) >= 11 is 0. The van der Waals surface area contributed by atoms with E-state index in [0.717, 1.165) is 6.26 Å². The van der Waals surface area contributed by atoms with Crippen molar-refractivity contribution in [3.8, 4) is 0 Å². The van der Waals surface area contributed by atoms with E-state index in [0.29, 0.717) is 0 Å². The number of rotatable bonds is 7. The Balaban J connectivity index is 4.02. The number of hydrogen-bond acceptors (Lipinski definition) is 5. The lowest BCUT2D eigenvalue weighted by atomic mass is 10.3. The molecule has 0 unspecified atom stereocenters. The van der Waals surface area contributed by atoms with Crippen LogP contribution in [0.4, 0.5) is 0 Å². The molecule has 0 aromatic rings. The highest BCUT2D eigenvalue weighted by Crippen LogP contribution is 1.93. The van der Waals surface area contributed by atoms with Gasteiger partial charge in [-0.05, 0) is 6.42 Å². The molecule has 0 aliphatic carbocycles. The van der Waals surface area contributed by atoms with Crippen LogP contribution in [0.15, 0.2) is 0 Å². The van der Waals surface area contributed by atoms with E-state index >= 15 is 0 Å². The molecule has 0 aliphatic heterocycles. The van der Waals surface area contributed by atoms with Crippen molar-refractivity contribution >= 4 is 25.8 Å². The van der Waals surface area contributed by atoms with Crippen LogP contribution in [-0.2, 0) is 24.7 Å². The Morgan fingerprint density at radius 3 is 2.20 bits per heavy atom. The SMILES string of the molecule is CS(=O)(=O)CS(=O)(=O)NCCCC(=O)O. The highest BCUT2D eigenvalue weighted by molar-refractivity contribution is 8.06. The fourth-order valence-corrected chi connectivity index (χ4v) is 3.83. The van der Waals surface area contributed by atoms with Gasteiger partial charge < -0.3 is 5.11 Å². The molecule has 2 N–H and O–H groups in total. The Morgan fingerprint density at radius 1 is 1.27 bits per heavy atom. The monoisotopic (exact) mass is 259 g/mol. The quantitative estimate of drug-likeness (QED) is 0.553. The first kappa shape index (κ1) is 14.3. The Bertz CT molecular complexity index is 409. The second-order valence-electron chi connectivity index (χ2n) is 3.05. The van der Waals surface area contributed by atoms with E-state index in [1.165, 1.54) is 0 Å². The highest BCUT2D eigenvalue weighted by atomic mass is 32.3. The fraction of sp³-hybridized carbons (Fsp3) is 0.833. The van der Waals surface area contributed by atoms with Gasteiger partial charge in [0.1, 0.15) is 0 Å². The highest BCUT2D eigenvalue weighted by Gasteiger charge is 2.17. The van der Waals surface area contributed by atoms with E-state index in [9.17, 15) is 21.6 Å². The third-order valence-corrected chi connectivity index (χ3v) is 4.86. The number of carboxylic acids is 1. The van der Waals surface area contributed by atoms with Crippen molar-refractivity contribution in [3.05, 3.63) is 0 Å². The number of sulfonamides is 1. The zero-order valence-corrected chi connectivity index (χ0v) is 9.77. The predicted molar refractivity (Wildman–Crippen MR) is 53.5 cm³/mol. The van der Waals surface area contributed by atoms with Crippen LogP contribution in [0, 0.1) is 0 Å². The van der Waals surface area contributed by atoms with E-state index in [2.05, 4.69) is 0 Å². The topological polar surface area (TPSA) is 118 Å². The molecule has 0 aromatic carbocycles. The van der Waals surface area contributed by atoms with E-state index in [1.54, 1.807) is 0 Å². The van der Waals surface area contributed by atoms with E-state index in [4.69, 9.17) is 5.11 Å². The molecule has 15 heavy (non-hydrogen) atoms. The first-order valence-corrected chi connectivity index (χ1v) is 7.70. The molecule has 0 saturated carbocycles. The van der Waals surface area contributed by atoms with Gasteiger partial charge in [-0.25, -0.2) is 21.6 Å². The first-order valence-electron chi connectivity index (χ1n) is 3.99. The van der Waals surface area contributed by atoms with Crippen LogP contribution in [0.2, 0.25) is 0 Å². The maximum atomic E-state index is 11.1. The normalized spacial score (nSPS) is 12.6. The Morgan fingerprint density at radius 2 is 1.80 bits per heavy atom. The van der Waals surface area contributed by atoms with Crippen LogP contribution in [0.3, 0.4) is 0 Å². The summed E-state index contributed by atoms with van der Waals surface area (Å²) in [5.41, 5.74) is 0. The van der Waals surface area contributed by atoms with Crippen molar-refractivity contribution in [2.45, 2.75) is 12.8 Å². The lowest BCUT2D eigenvalue weighted by molar-refractivity contribution is -0.137. The van der Waals surface area contributed by atoms with Gasteiger partial charge in [0.15, 0.2) is 14.9 Å². The minimum Gasteiger partial charge on any atom is -0.481 e. The summed E-state index contributed by atoms with van der Waals surface area (Å²) in [6, 6.07) is 0. The van der Waals surface area contributed by atoms with E-state index < -0.39 is 30.9 Å². The van der Waals surface area contributed by atoms with E-state index in [-0.39, 0.29) is 19.4 Å². The van der Waals surface area contributed by atoms with Gasteiger partial charge >= 0.3 is 5.97 Å². The van der Waals surface area contributed by atoms with Crippen molar-refractivity contribution < 1.29 is 26.7 Å². The fourth-order valence-electron chi connectivity index (χ4n) is 0.791. The van der Waals surface area contributed by atoms with Crippen molar-refractivity contribution in [2.24, 2.45) is 0 Å². The molecule has 0 heterocycles. The number of sulfone groups is 1. The molecule has 0 spiro atoms. The average molecular weight is 259 g/mol. The second-order valence-corrected chi connectivity index (χ2v) is 7.36. The van der Waals surface area contributed by atoms with Crippen molar-refractivity contribution in [3.63, 3.8) is 0 Å². The predicted octanol–water partition coefficient (Wildman–Crippen LogP) is -1.23. The zero-order valence-electron chi connectivity index (χ0n) is 8.13. The molecule has 0 aromatic heterocycles. The van der Waals surface area contributed by atoms with Gasteiger partial charge in [-0.2, -0.15) is 0 Å². The van der Waals surface area contributed by atoms with Gasteiger partial charge in [-0.3, -0.25) is 4.79 Å². The molecule has 0 saturated heterocycles. The van der Waals surface area contributed by atoms with Gasteiger partial charge in [0.2, 0.25) is 10.0 Å². The first-order chi connectivity index (χ1) is 6.62. The summed E-state index contributed by atoms with van der Waals surface area (Å²) in [6.07, 6.45) is 0.767. The maximum Gasteiger partial charge on any atom is 0.303 e. The standard InChI is InChI=1S/C6H13NO6S2/c1-14(10,11)5-15(12,13)7-4-2-3-6(8)9/h7H,2-5H2,1H3,(H,8,9). The van der Waals surface area contributed by atoms with Crippen LogP contribution in [0.1, 0.15) is 12.8 Å². The molecule has 0 radical (unpaired) electrons. The molecule has 0 fully saturated rings. The largest absolute Gasteiger partial charge is 0.481 e. The van der Waals surface area contributed by atoms with Gasteiger partial charge in [0.25, 0.3) is 0 Å². The Hall–Kier alpha value is -0.670. The number of carbonyl (C=O) groups is 1. The summed E-state index contributed by atoms with van der Waals surface area (Å²) in [5, 5.41) is 7.28. The zero-order chi connectivity index (χ0) is 12.1. The van der Waals surface area contributed by atoms with Gasteiger partial charge in [-0.1, -0.05) is 0 Å². The van der Waals surface area contributed by atoms with Crippen LogP contribution >= 0.6 is 0 Å². The molecule has 90 valence electrons. The molecule has 9 heteroatoms. The van der Waals surface area contributed by atoms with Gasteiger partial charge in [-0.15, -0.1) is 0 Å². The summed E-state index contributed by atoms with van der Waals surface area (Å²) in [4.78, 5) is 10.1. The van der Waals surface area contributed by atoms with Gasteiger partial charge in [0, 0.05) is 19.2 Å². The van der Waals surface area contributed by atoms with Crippen molar-refractivity contribution in [2.75, 3.05) is 17.9 Å². The number of hydrogen-bond donors (Lipinski definition) is 2. The number of aliphatic carboxylic acids is 1. The molecule has 0 amide bonds. The van der Waals surface area contributed by atoms with Crippen LogP contribution in [0.25, 0.3) is 0 Å². The molecule has 0 atom stereocenters. The lowest BCUT2D eigenvalue weighted by Gasteiger charge is -2.03. The minimum atomic E-state index is -3.87. The minimum absolute atomic E-state index is 0.0792. The summed E-state index contributed by atoms with van der Waals surface area (Å²) in [7, 11) is -7.47. The molecular formula is C6H13NO6S2. The second kappa shape index (κ2) is 5.42. The van der Waals surface area contributed by atoms with Gasteiger partial charge in [0.05, 0.1) is 0 Å². The third-order valence-electron chi connectivity index (χ3n) is 1.26. The molecular weight excluding hydrogens is 246 g/mol. The van der Waals surface area contributed by atoms with Crippen LogP contribution in [-0.4, -0.2) is 45.8 Å². The lowest BCUT2D eigenvalue weighted by Crippen LogP contribution is -2.30. The summed E-state index contributed by atoms with van der Waals surface area (Å²) < 4.78 is 45.5. The van der Waals surface area contributed by atoms with Crippen molar-refractivity contribution in [1.82, 2.24) is 4.72 Å². The smallest absolute Gasteiger partial charge is 0.303 e. The molecule has 0 rings (SSSR count). The van der Waals surface area contributed by atoms with Crippen molar-refractivity contribution in [1.29, 1.82) is 0 Å². The number of carboxylic acid groups (broad SMARTS) is 1. The summed E-state index contributed by atoms with van der Waals surface area (Å²) in [5.74, 6) is -1.03. The molecule has 0 bridgehead atoms. The van der Waals surface area contributed by atoms with Crippen LogP contribution in [0.5, 0.6) is 0 Å².